The van der Waals surface area contributed by atoms with Crippen molar-refractivity contribution in [1.82, 2.24) is 4.98 Å². The summed E-state index contributed by atoms with van der Waals surface area (Å²) < 4.78 is 0. The first-order chi connectivity index (χ1) is 8.22. The van der Waals surface area contributed by atoms with Crippen LogP contribution in [0.15, 0.2) is 24.3 Å². The molecule has 0 amide bonds. The molecular formula is C11H9ClN4S. The van der Waals surface area contributed by atoms with Crippen LogP contribution >= 0.6 is 22.9 Å². The molecule has 4 nitrogen and oxygen atoms in total. The van der Waals surface area contributed by atoms with Crippen molar-refractivity contribution in [3.8, 4) is 6.07 Å². The van der Waals surface area contributed by atoms with Crippen molar-refractivity contribution in [2.45, 2.75) is 0 Å². The van der Waals surface area contributed by atoms with Crippen LogP contribution in [0.5, 0.6) is 0 Å². The van der Waals surface area contributed by atoms with Gasteiger partial charge >= 0.3 is 0 Å². The van der Waals surface area contributed by atoms with E-state index in [1.165, 1.54) is 11.3 Å². The third-order valence-electron chi connectivity index (χ3n) is 2.03. The summed E-state index contributed by atoms with van der Waals surface area (Å²) >= 11 is 7.19. The van der Waals surface area contributed by atoms with Gasteiger partial charge in [0, 0.05) is 17.8 Å². The number of anilines is 3. The van der Waals surface area contributed by atoms with E-state index in [0.717, 1.165) is 5.69 Å². The summed E-state index contributed by atoms with van der Waals surface area (Å²) in [5, 5.41) is 16.3. The Hall–Kier alpha value is -1.77. The van der Waals surface area contributed by atoms with E-state index >= 15 is 0 Å². The normalized spacial score (nSPS) is 9.71. The van der Waals surface area contributed by atoms with E-state index in [1.807, 2.05) is 12.1 Å². The number of hydrogen-bond acceptors (Lipinski definition) is 5. The Morgan fingerprint density at radius 3 is 2.94 bits per heavy atom. The zero-order chi connectivity index (χ0) is 12.3. The Bertz CT molecular complexity index is 573. The second kappa shape index (κ2) is 5.04. The van der Waals surface area contributed by atoms with E-state index in [9.17, 15) is 0 Å². The predicted octanol–water partition coefficient (Wildman–Crippen LogP) is 3.45. The van der Waals surface area contributed by atoms with Crippen molar-refractivity contribution in [1.29, 1.82) is 5.26 Å². The molecule has 1 aromatic carbocycles. The SMILES string of the molecule is CNc1nc(Nc2cccc(Cl)c2)c(C#N)s1. The molecule has 0 spiro atoms. The summed E-state index contributed by atoms with van der Waals surface area (Å²) in [4.78, 5) is 4.79. The van der Waals surface area contributed by atoms with Crippen molar-refractivity contribution < 1.29 is 0 Å². The number of thiazole rings is 1. The van der Waals surface area contributed by atoms with Gasteiger partial charge in [0.15, 0.2) is 15.8 Å². The summed E-state index contributed by atoms with van der Waals surface area (Å²) in [6.07, 6.45) is 0. The average molecular weight is 265 g/mol. The average Bonchev–Trinajstić information content (AvgIpc) is 2.71. The Morgan fingerprint density at radius 2 is 2.29 bits per heavy atom. The summed E-state index contributed by atoms with van der Waals surface area (Å²) in [6, 6.07) is 9.38. The lowest BCUT2D eigenvalue weighted by molar-refractivity contribution is 1.34. The molecule has 2 aromatic rings. The summed E-state index contributed by atoms with van der Waals surface area (Å²) in [5.41, 5.74) is 0.807. The number of aromatic nitrogens is 1. The first-order valence-corrected chi connectivity index (χ1v) is 6.03. The van der Waals surface area contributed by atoms with Gasteiger partial charge in [0.25, 0.3) is 0 Å². The second-order valence-electron chi connectivity index (χ2n) is 3.19. The van der Waals surface area contributed by atoms with E-state index in [-0.39, 0.29) is 0 Å². The van der Waals surface area contributed by atoms with Crippen molar-refractivity contribution in [2.24, 2.45) is 0 Å². The minimum absolute atomic E-state index is 0.536. The number of nitrogens with one attached hydrogen (secondary N) is 2. The topological polar surface area (TPSA) is 60.7 Å². The quantitative estimate of drug-likeness (QED) is 0.891. The molecule has 0 bridgehead atoms. The van der Waals surface area contributed by atoms with Crippen molar-refractivity contribution in [3.05, 3.63) is 34.2 Å². The van der Waals surface area contributed by atoms with Gasteiger partial charge < -0.3 is 10.6 Å². The molecule has 0 unspecified atom stereocenters. The summed E-state index contributed by atoms with van der Waals surface area (Å²) in [6.45, 7) is 0. The predicted molar refractivity (Wildman–Crippen MR) is 71.1 cm³/mol. The molecule has 2 rings (SSSR count). The smallest absolute Gasteiger partial charge is 0.185 e. The van der Waals surface area contributed by atoms with Gasteiger partial charge in [-0.3, -0.25) is 0 Å². The highest BCUT2D eigenvalue weighted by atomic mass is 35.5. The molecule has 1 heterocycles. The fourth-order valence-corrected chi connectivity index (χ4v) is 2.15. The Morgan fingerprint density at radius 1 is 1.47 bits per heavy atom. The van der Waals surface area contributed by atoms with Crippen LogP contribution in [0.3, 0.4) is 0 Å². The minimum Gasteiger partial charge on any atom is -0.364 e. The lowest BCUT2D eigenvalue weighted by atomic mass is 10.3. The molecule has 0 fully saturated rings. The maximum atomic E-state index is 8.99. The molecule has 86 valence electrons. The van der Waals surface area contributed by atoms with Crippen LogP contribution in [0, 0.1) is 11.3 Å². The zero-order valence-corrected chi connectivity index (χ0v) is 10.6. The van der Waals surface area contributed by atoms with Gasteiger partial charge in [0.1, 0.15) is 6.07 Å². The van der Waals surface area contributed by atoms with Crippen LogP contribution in [-0.2, 0) is 0 Å². The molecule has 0 aliphatic heterocycles. The van der Waals surface area contributed by atoms with E-state index in [2.05, 4.69) is 21.7 Å². The first-order valence-electron chi connectivity index (χ1n) is 4.84. The number of benzene rings is 1. The zero-order valence-electron chi connectivity index (χ0n) is 8.99. The molecular weight excluding hydrogens is 256 g/mol. The van der Waals surface area contributed by atoms with E-state index in [4.69, 9.17) is 16.9 Å². The molecule has 0 aliphatic rings. The number of rotatable bonds is 3. The van der Waals surface area contributed by atoms with Crippen LogP contribution in [0.4, 0.5) is 16.6 Å². The molecule has 6 heteroatoms. The van der Waals surface area contributed by atoms with Crippen LogP contribution in [0.25, 0.3) is 0 Å². The lowest BCUT2D eigenvalue weighted by Gasteiger charge is -2.03. The van der Waals surface area contributed by atoms with Crippen LogP contribution in [0.2, 0.25) is 5.02 Å². The van der Waals surface area contributed by atoms with Gasteiger partial charge in [-0.25, -0.2) is 4.98 Å². The largest absolute Gasteiger partial charge is 0.364 e. The number of hydrogen-bond donors (Lipinski definition) is 2. The van der Waals surface area contributed by atoms with Crippen molar-refractivity contribution >= 4 is 39.6 Å². The molecule has 2 N–H and O–H groups in total. The Kier molecular flexibility index (Phi) is 3.47. The van der Waals surface area contributed by atoms with Crippen molar-refractivity contribution in [2.75, 3.05) is 17.7 Å². The summed E-state index contributed by atoms with van der Waals surface area (Å²) in [5.74, 6) is 0.545. The van der Waals surface area contributed by atoms with E-state index in [0.29, 0.717) is 20.8 Å². The van der Waals surface area contributed by atoms with Crippen LogP contribution in [-0.4, -0.2) is 12.0 Å². The third kappa shape index (κ3) is 2.67. The molecule has 0 atom stereocenters. The highest BCUT2D eigenvalue weighted by Crippen LogP contribution is 2.28. The van der Waals surface area contributed by atoms with Gasteiger partial charge in [-0.1, -0.05) is 29.0 Å². The molecule has 0 saturated carbocycles. The number of halogens is 1. The third-order valence-corrected chi connectivity index (χ3v) is 3.24. The second-order valence-corrected chi connectivity index (χ2v) is 4.63. The molecule has 0 saturated heterocycles. The molecule has 1 aromatic heterocycles. The van der Waals surface area contributed by atoms with Gasteiger partial charge in [-0.2, -0.15) is 5.26 Å². The monoisotopic (exact) mass is 264 g/mol. The van der Waals surface area contributed by atoms with Crippen LogP contribution in [0.1, 0.15) is 4.88 Å². The molecule has 0 aliphatic carbocycles. The highest BCUT2D eigenvalue weighted by Gasteiger charge is 2.10. The highest BCUT2D eigenvalue weighted by molar-refractivity contribution is 7.16. The maximum absolute atomic E-state index is 8.99. The molecule has 0 radical (unpaired) electrons. The number of nitriles is 1. The first kappa shape index (κ1) is 11.7. The van der Waals surface area contributed by atoms with Gasteiger partial charge in [0.05, 0.1) is 0 Å². The van der Waals surface area contributed by atoms with E-state index < -0.39 is 0 Å². The Labute approximate surface area is 108 Å². The van der Waals surface area contributed by atoms with Gasteiger partial charge in [0.2, 0.25) is 0 Å². The minimum atomic E-state index is 0.536. The van der Waals surface area contributed by atoms with Gasteiger partial charge in [-0.05, 0) is 18.2 Å². The van der Waals surface area contributed by atoms with Crippen molar-refractivity contribution in [3.63, 3.8) is 0 Å². The fraction of sp³-hybridized carbons (Fsp3) is 0.0909. The fourth-order valence-electron chi connectivity index (χ4n) is 1.29. The van der Waals surface area contributed by atoms with Crippen LogP contribution < -0.4 is 10.6 Å². The summed E-state index contributed by atoms with van der Waals surface area (Å²) in [7, 11) is 1.77. The number of nitrogens with zero attached hydrogens (tertiary/aromatic N) is 2. The molecule has 17 heavy (non-hydrogen) atoms. The Balaban J connectivity index is 2.30. The maximum Gasteiger partial charge on any atom is 0.185 e. The lowest BCUT2D eigenvalue weighted by Crippen LogP contribution is -1.93. The standard InChI is InChI=1S/C11H9ClN4S/c1-14-11-16-10(9(6-13)17-11)15-8-4-2-3-7(12)5-8/h2-5,15H,1H3,(H,14,16). The van der Waals surface area contributed by atoms with Gasteiger partial charge in [-0.15, -0.1) is 0 Å². The van der Waals surface area contributed by atoms with E-state index in [1.54, 1.807) is 19.2 Å².